The number of hydrogen-bond donors (Lipinski definition) is 2. The van der Waals surface area contributed by atoms with Crippen molar-refractivity contribution in [2.24, 2.45) is 0 Å². The van der Waals surface area contributed by atoms with Crippen molar-refractivity contribution >= 4 is 24.4 Å². The molecule has 0 spiro atoms. The van der Waals surface area contributed by atoms with Crippen LogP contribution in [0.1, 0.15) is 62.3 Å². The molecule has 0 fully saturated rings. The van der Waals surface area contributed by atoms with Gasteiger partial charge in [-0.05, 0) is 68.4 Å². The molecule has 2 N–H and O–H groups in total. The number of carbonyl (C=O) groups excluding carboxylic acids is 4. The number of carbonyl (C=O) groups is 4. The summed E-state index contributed by atoms with van der Waals surface area (Å²) in [6.07, 6.45) is -4.57. The Morgan fingerprint density at radius 2 is 0.938 bits per heavy atom. The van der Waals surface area contributed by atoms with Crippen LogP contribution in [0.3, 0.4) is 0 Å². The summed E-state index contributed by atoms with van der Waals surface area (Å²) in [5.41, 5.74) is 4.49. The Hall–Kier alpha value is -3.18. The monoisotopic (exact) mass is 460 g/mol. The summed E-state index contributed by atoms with van der Waals surface area (Å²) in [5.74, 6) is 0. The number of ether oxygens (including phenoxy) is 4. The molecule has 0 radical (unpaired) electrons. The molecule has 0 saturated carbocycles. The fraction of sp³-hybridized carbons (Fsp3) is 0.700. The third kappa shape index (κ3) is 11.3. The molecule has 0 unspecified atom stereocenters. The first-order chi connectivity index (χ1) is 14.8. The number of nitrogens with one attached hydrogen (secondary N) is 2. The maximum atomic E-state index is 12.8. The van der Waals surface area contributed by atoms with Crippen LogP contribution < -0.4 is 10.9 Å². The smallest absolute Gasteiger partial charge is 0.431 e. The molecule has 0 aromatic rings. The van der Waals surface area contributed by atoms with Crippen molar-refractivity contribution < 1.29 is 38.1 Å². The van der Waals surface area contributed by atoms with Crippen LogP contribution in [-0.2, 0) is 18.9 Å². The van der Waals surface area contributed by atoms with Gasteiger partial charge in [-0.1, -0.05) is 6.08 Å². The zero-order valence-electron chi connectivity index (χ0n) is 20.2. The van der Waals surface area contributed by atoms with Crippen molar-refractivity contribution in [3.8, 4) is 0 Å². The van der Waals surface area contributed by atoms with E-state index in [-0.39, 0.29) is 0 Å². The number of nitrogens with zero attached hydrogens (tertiary/aromatic N) is 2. The van der Waals surface area contributed by atoms with Crippen molar-refractivity contribution in [2.45, 2.75) is 92.9 Å². The molecule has 0 aromatic carbocycles. The minimum atomic E-state index is -1.39. The maximum Gasteiger partial charge on any atom is 0.431 e. The summed E-state index contributed by atoms with van der Waals surface area (Å²) < 4.78 is 20.4. The van der Waals surface area contributed by atoms with Gasteiger partial charge >= 0.3 is 24.4 Å². The van der Waals surface area contributed by atoms with E-state index in [0.717, 1.165) is 0 Å². The van der Waals surface area contributed by atoms with Gasteiger partial charge in [0.05, 0.1) is 24.4 Å². The zero-order valence-corrected chi connectivity index (χ0v) is 20.2. The van der Waals surface area contributed by atoms with Gasteiger partial charge in [-0.2, -0.15) is 10.0 Å². The van der Waals surface area contributed by atoms with Crippen molar-refractivity contribution in [3.63, 3.8) is 0 Å². The fourth-order valence-electron chi connectivity index (χ4n) is 2.09. The average Bonchev–Trinajstić information content (AvgIpc) is 2.60. The standard InChI is InChI=1S/C20H36N4O8/c1-10-11-16(23(19(27)31-14(6)7)21-17(25)29-12(2)3)24(20(28)32-15(8)9)22-18(26)30-13(4)5/h10-16H,1-9H3,(H,21,25)(H,22,26)/b11-10+. The third-order valence-electron chi connectivity index (χ3n) is 3.07. The van der Waals surface area contributed by atoms with Crippen LogP contribution in [0.4, 0.5) is 19.2 Å². The normalized spacial score (nSPS) is 11.2. The van der Waals surface area contributed by atoms with Gasteiger partial charge in [-0.25, -0.2) is 30.0 Å². The number of hydrazine groups is 2. The quantitative estimate of drug-likeness (QED) is 0.254. The highest BCUT2D eigenvalue weighted by Gasteiger charge is 2.36. The van der Waals surface area contributed by atoms with Crippen molar-refractivity contribution in [1.82, 2.24) is 20.9 Å². The molecule has 12 nitrogen and oxygen atoms in total. The molecular formula is C20H36N4O8. The maximum absolute atomic E-state index is 12.8. The van der Waals surface area contributed by atoms with Crippen LogP contribution >= 0.6 is 0 Å². The second-order valence-corrected chi connectivity index (χ2v) is 7.68. The Balaban J connectivity index is 6.22. The lowest BCUT2D eigenvalue weighted by molar-refractivity contribution is -0.0210. The van der Waals surface area contributed by atoms with Gasteiger partial charge in [0, 0.05) is 0 Å². The Morgan fingerprint density at radius 3 is 1.19 bits per heavy atom. The highest BCUT2D eigenvalue weighted by atomic mass is 16.6. The molecule has 12 heteroatoms. The lowest BCUT2D eigenvalue weighted by Gasteiger charge is -2.36. The Morgan fingerprint density at radius 1 is 0.625 bits per heavy atom. The Labute approximate surface area is 189 Å². The van der Waals surface area contributed by atoms with Gasteiger partial charge in [0.15, 0.2) is 6.17 Å². The van der Waals surface area contributed by atoms with Gasteiger partial charge < -0.3 is 18.9 Å². The van der Waals surface area contributed by atoms with Gasteiger partial charge in [-0.15, -0.1) is 0 Å². The van der Waals surface area contributed by atoms with E-state index in [1.807, 2.05) is 0 Å². The lowest BCUT2D eigenvalue weighted by Crippen LogP contribution is -2.63. The van der Waals surface area contributed by atoms with Gasteiger partial charge in [0.1, 0.15) is 0 Å². The molecule has 0 heterocycles. The number of hydrogen-bond acceptors (Lipinski definition) is 8. The lowest BCUT2D eigenvalue weighted by atomic mass is 10.4. The summed E-state index contributed by atoms with van der Waals surface area (Å²) in [6.45, 7) is 14.5. The van der Waals surface area contributed by atoms with Crippen LogP contribution in [0.15, 0.2) is 12.2 Å². The number of amides is 4. The molecule has 0 aliphatic heterocycles. The second kappa shape index (κ2) is 14.0. The van der Waals surface area contributed by atoms with E-state index in [1.165, 1.54) is 12.2 Å². The zero-order chi connectivity index (χ0) is 25.0. The summed E-state index contributed by atoms with van der Waals surface area (Å²) in [4.78, 5) is 50.1. The predicted octanol–water partition coefficient (Wildman–Crippen LogP) is 3.68. The molecule has 184 valence electrons. The fourth-order valence-corrected chi connectivity index (χ4v) is 2.09. The summed E-state index contributed by atoms with van der Waals surface area (Å²) in [5, 5.41) is 1.39. The van der Waals surface area contributed by atoms with Crippen LogP contribution in [-0.4, -0.2) is 65.0 Å². The third-order valence-corrected chi connectivity index (χ3v) is 3.07. The molecule has 0 rings (SSSR count). The topological polar surface area (TPSA) is 136 Å². The van der Waals surface area contributed by atoms with E-state index >= 15 is 0 Å². The molecule has 0 saturated heterocycles. The largest absolute Gasteiger partial charge is 0.446 e. The van der Waals surface area contributed by atoms with Crippen LogP contribution in [0.2, 0.25) is 0 Å². The van der Waals surface area contributed by atoms with Crippen LogP contribution in [0.5, 0.6) is 0 Å². The minimum absolute atomic E-state index is 0.487. The Bertz CT molecular complexity index is 614. The molecule has 4 amide bonds. The first-order valence-corrected chi connectivity index (χ1v) is 10.3. The molecule has 0 aliphatic carbocycles. The van der Waals surface area contributed by atoms with E-state index in [9.17, 15) is 19.2 Å². The minimum Gasteiger partial charge on any atom is -0.446 e. The van der Waals surface area contributed by atoms with E-state index < -0.39 is 55.0 Å². The van der Waals surface area contributed by atoms with E-state index in [0.29, 0.717) is 10.0 Å². The molecule has 0 bridgehead atoms. The van der Waals surface area contributed by atoms with E-state index in [1.54, 1.807) is 62.3 Å². The second-order valence-electron chi connectivity index (χ2n) is 7.68. The SMILES string of the molecule is C/C=C/C(N(NC(=O)OC(C)C)C(=O)OC(C)C)N(NC(=O)OC(C)C)C(=O)OC(C)C. The van der Waals surface area contributed by atoms with Crippen LogP contribution in [0.25, 0.3) is 0 Å². The highest BCUT2D eigenvalue weighted by Crippen LogP contribution is 2.12. The molecule has 32 heavy (non-hydrogen) atoms. The van der Waals surface area contributed by atoms with Gasteiger partial charge in [0.2, 0.25) is 0 Å². The first-order valence-electron chi connectivity index (χ1n) is 10.3. The summed E-state index contributed by atoms with van der Waals surface area (Å²) in [6, 6.07) is 0. The van der Waals surface area contributed by atoms with E-state index in [2.05, 4.69) is 10.9 Å². The van der Waals surface area contributed by atoms with Crippen molar-refractivity contribution in [3.05, 3.63) is 12.2 Å². The number of allylic oxidation sites excluding steroid dienone is 1. The predicted molar refractivity (Wildman–Crippen MR) is 115 cm³/mol. The van der Waals surface area contributed by atoms with Crippen LogP contribution in [0, 0.1) is 0 Å². The number of rotatable bonds is 7. The van der Waals surface area contributed by atoms with Gasteiger partial charge in [-0.3, -0.25) is 0 Å². The van der Waals surface area contributed by atoms with Crippen molar-refractivity contribution in [1.29, 1.82) is 0 Å². The molecule has 0 atom stereocenters. The van der Waals surface area contributed by atoms with Crippen molar-refractivity contribution in [2.75, 3.05) is 0 Å². The highest BCUT2D eigenvalue weighted by molar-refractivity contribution is 5.77. The Kier molecular flexibility index (Phi) is 12.6. The first kappa shape index (κ1) is 28.8. The molecule has 0 aromatic heterocycles. The summed E-state index contributed by atoms with van der Waals surface area (Å²) >= 11 is 0. The summed E-state index contributed by atoms with van der Waals surface area (Å²) in [7, 11) is 0. The average molecular weight is 461 g/mol. The van der Waals surface area contributed by atoms with Gasteiger partial charge in [0.25, 0.3) is 0 Å². The van der Waals surface area contributed by atoms with E-state index in [4.69, 9.17) is 18.9 Å². The molecular weight excluding hydrogens is 424 g/mol. The molecule has 0 aliphatic rings.